The zero-order valence-corrected chi connectivity index (χ0v) is 9.41. The maximum Gasteiger partial charge on any atom is 0.307 e. The van der Waals surface area contributed by atoms with Crippen molar-refractivity contribution in [1.29, 1.82) is 0 Å². The summed E-state index contributed by atoms with van der Waals surface area (Å²) in [5.74, 6) is -0.355. The second-order valence-electron chi connectivity index (χ2n) is 3.72. The number of halogens is 1. The highest BCUT2D eigenvalue weighted by Crippen LogP contribution is 2.23. The molecule has 0 aromatic carbocycles. The Bertz CT molecular complexity index is 609. The van der Waals surface area contributed by atoms with Gasteiger partial charge < -0.3 is 4.98 Å². The van der Waals surface area contributed by atoms with Crippen molar-refractivity contribution in [3.05, 3.63) is 28.6 Å². The normalized spacial score (nSPS) is 20.9. The summed E-state index contributed by atoms with van der Waals surface area (Å²) < 4.78 is 34.2. The predicted molar refractivity (Wildman–Crippen MR) is 57.8 cm³/mol. The van der Waals surface area contributed by atoms with Crippen molar-refractivity contribution >= 4 is 21.9 Å². The Hall–Kier alpha value is -1.70. The fourth-order valence-corrected chi connectivity index (χ4v) is 2.35. The number of aromatic amines is 1. The van der Waals surface area contributed by atoms with E-state index in [2.05, 4.69) is 4.98 Å². The van der Waals surface area contributed by atoms with Crippen molar-refractivity contribution in [1.82, 2.24) is 4.98 Å². The van der Waals surface area contributed by atoms with Crippen LogP contribution in [0, 0.1) is 0 Å². The number of nitrogens with zero attached hydrogens (tertiary/aromatic N) is 1. The van der Waals surface area contributed by atoms with Gasteiger partial charge in [-0.3, -0.25) is 14.5 Å². The van der Waals surface area contributed by atoms with Gasteiger partial charge in [0, 0.05) is 31.3 Å². The van der Waals surface area contributed by atoms with E-state index >= 15 is 0 Å². The summed E-state index contributed by atoms with van der Waals surface area (Å²) in [6.45, 7) is -0.280. The number of nitrogens with one attached hydrogen (secondary N) is 1. The molecule has 1 aliphatic rings. The van der Waals surface area contributed by atoms with Crippen LogP contribution in [0.3, 0.4) is 0 Å². The van der Waals surface area contributed by atoms with Crippen LogP contribution >= 0.6 is 0 Å². The first kappa shape index (κ1) is 11.8. The maximum atomic E-state index is 12.8. The molecule has 2 rings (SSSR count). The molecule has 0 saturated carbocycles. The van der Waals surface area contributed by atoms with Crippen molar-refractivity contribution in [3.63, 3.8) is 0 Å². The van der Waals surface area contributed by atoms with Gasteiger partial charge in [-0.2, -0.15) is 8.42 Å². The Balaban J connectivity index is 2.31. The zero-order chi connectivity index (χ0) is 12.6. The highest BCUT2D eigenvalue weighted by molar-refractivity contribution is 7.87. The smallest absolute Gasteiger partial charge is 0.307 e. The van der Waals surface area contributed by atoms with Gasteiger partial charge in [0.25, 0.3) is 0 Å². The van der Waals surface area contributed by atoms with Crippen molar-refractivity contribution < 1.29 is 17.1 Å². The molecule has 1 aromatic rings. The molecule has 6 nitrogen and oxygen atoms in total. The zero-order valence-electron chi connectivity index (χ0n) is 8.59. The Morgan fingerprint density at radius 1 is 1.41 bits per heavy atom. The van der Waals surface area contributed by atoms with E-state index in [1.807, 2.05) is 0 Å². The molecule has 1 aliphatic heterocycles. The second-order valence-corrected chi connectivity index (χ2v) is 5.33. The number of anilines is 1. The number of pyridine rings is 1. The average Bonchev–Trinajstić information content (AvgIpc) is 2.60. The number of carbonyl (C=O) groups excluding carboxylic acids is 1. The fraction of sp³-hybridized carbons (Fsp3) is 0.333. The molecule has 17 heavy (non-hydrogen) atoms. The molecule has 1 atom stereocenters. The lowest BCUT2D eigenvalue weighted by molar-refractivity contribution is -0.117. The topological polar surface area (TPSA) is 87.3 Å². The standard InChI is InChI=1S/C9H9FN2O4S/c10-17(15,16)7-4-9(14)12(5-7)8-3-6(13)1-2-11-8/h1-3,7H,4-5H2,(H,11,13). The molecule has 0 bridgehead atoms. The first-order chi connectivity index (χ1) is 7.88. The molecule has 8 heteroatoms. The van der Waals surface area contributed by atoms with Crippen LogP contribution in [0.25, 0.3) is 0 Å². The number of amides is 1. The monoisotopic (exact) mass is 260 g/mol. The molecule has 0 aliphatic carbocycles. The minimum absolute atomic E-state index is 0.175. The molecule has 0 spiro atoms. The quantitative estimate of drug-likeness (QED) is 0.745. The summed E-state index contributed by atoms with van der Waals surface area (Å²) in [5, 5.41) is -1.36. The highest BCUT2D eigenvalue weighted by Gasteiger charge is 2.39. The molecule has 1 N–H and O–H groups in total. The first-order valence-electron chi connectivity index (χ1n) is 4.80. The number of carbonyl (C=O) groups is 1. The molecule has 1 unspecified atom stereocenters. The van der Waals surface area contributed by atoms with Crippen LogP contribution in [0.5, 0.6) is 0 Å². The lowest BCUT2D eigenvalue weighted by Crippen LogP contribution is -2.28. The van der Waals surface area contributed by atoms with Crippen molar-refractivity contribution in [2.75, 3.05) is 11.4 Å². The second kappa shape index (κ2) is 3.95. The van der Waals surface area contributed by atoms with E-state index in [1.165, 1.54) is 12.3 Å². The van der Waals surface area contributed by atoms with E-state index in [9.17, 15) is 21.9 Å². The van der Waals surface area contributed by atoms with Gasteiger partial charge in [-0.15, -0.1) is 3.89 Å². The van der Waals surface area contributed by atoms with Gasteiger partial charge in [0.05, 0.1) is 0 Å². The van der Waals surface area contributed by atoms with Gasteiger partial charge >= 0.3 is 10.2 Å². The third-order valence-corrected chi connectivity index (χ3v) is 3.65. The average molecular weight is 260 g/mol. The minimum Gasteiger partial charge on any atom is -0.348 e. The molecule has 1 fully saturated rings. The summed E-state index contributed by atoms with van der Waals surface area (Å²) in [6.07, 6.45) is 0.929. The Labute approximate surface area is 96.3 Å². The van der Waals surface area contributed by atoms with Crippen molar-refractivity contribution in [2.24, 2.45) is 0 Å². The van der Waals surface area contributed by atoms with Gasteiger partial charge in [-0.1, -0.05) is 0 Å². The predicted octanol–water partition coefficient (Wildman–Crippen LogP) is -0.221. The molecule has 1 amide bonds. The van der Waals surface area contributed by atoms with E-state index < -0.39 is 27.8 Å². The summed E-state index contributed by atoms with van der Waals surface area (Å²) in [7, 11) is -4.74. The largest absolute Gasteiger partial charge is 0.348 e. The molecule has 0 radical (unpaired) electrons. The van der Waals surface area contributed by atoms with Crippen LogP contribution < -0.4 is 10.3 Å². The van der Waals surface area contributed by atoms with Gasteiger partial charge in [-0.05, 0) is 0 Å². The van der Waals surface area contributed by atoms with E-state index in [0.717, 1.165) is 11.0 Å². The van der Waals surface area contributed by atoms with Crippen molar-refractivity contribution in [2.45, 2.75) is 11.7 Å². The van der Waals surface area contributed by atoms with E-state index in [-0.39, 0.29) is 17.8 Å². The Morgan fingerprint density at radius 2 is 2.12 bits per heavy atom. The number of aromatic nitrogens is 1. The number of hydrogen-bond acceptors (Lipinski definition) is 4. The minimum atomic E-state index is -4.74. The molecule has 92 valence electrons. The van der Waals surface area contributed by atoms with Crippen molar-refractivity contribution in [3.8, 4) is 0 Å². The summed E-state index contributed by atoms with van der Waals surface area (Å²) in [5.41, 5.74) is -0.321. The summed E-state index contributed by atoms with van der Waals surface area (Å²) >= 11 is 0. The molecular weight excluding hydrogens is 251 g/mol. The first-order valence-corrected chi connectivity index (χ1v) is 6.25. The number of rotatable bonds is 2. The molecule has 2 heterocycles. The van der Waals surface area contributed by atoms with Crippen LogP contribution in [0.2, 0.25) is 0 Å². The van der Waals surface area contributed by atoms with E-state index in [4.69, 9.17) is 0 Å². The summed E-state index contributed by atoms with van der Waals surface area (Å²) in [4.78, 5) is 26.3. The maximum absolute atomic E-state index is 12.8. The Kier molecular flexibility index (Phi) is 2.74. The Morgan fingerprint density at radius 3 is 2.65 bits per heavy atom. The van der Waals surface area contributed by atoms with E-state index in [0.29, 0.717) is 0 Å². The lowest BCUT2D eigenvalue weighted by Gasteiger charge is -2.14. The summed E-state index contributed by atoms with van der Waals surface area (Å²) in [6, 6.07) is 2.42. The third-order valence-electron chi connectivity index (χ3n) is 2.54. The third kappa shape index (κ3) is 2.36. The van der Waals surface area contributed by atoms with Crippen LogP contribution in [0.15, 0.2) is 23.1 Å². The molecule has 1 aromatic heterocycles. The van der Waals surface area contributed by atoms with Crippen LogP contribution in [-0.2, 0) is 15.0 Å². The van der Waals surface area contributed by atoms with Gasteiger partial charge in [0.2, 0.25) is 5.91 Å². The van der Waals surface area contributed by atoms with Crippen LogP contribution in [0.4, 0.5) is 9.70 Å². The van der Waals surface area contributed by atoms with E-state index in [1.54, 1.807) is 0 Å². The van der Waals surface area contributed by atoms with Gasteiger partial charge in [-0.25, -0.2) is 0 Å². The molecule has 1 saturated heterocycles. The SMILES string of the molecule is O=C1CC(S(=O)(=O)F)CN1c1cc(=O)cc[nH]1. The number of H-pyrrole nitrogens is 1. The number of hydrogen-bond donors (Lipinski definition) is 1. The van der Waals surface area contributed by atoms with Crippen LogP contribution in [0.1, 0.15) is 6.42 Å². The highest BCUT2D eigenvalue weighted by atomic mass is 32.3. The lowest BCUT2D eigenvalue weighted by atomic mass is 10.4. The van der Waals surface area contributed by atoms with Gasteiger partial charge in [0.15, 0.2) is 5.43 Å². The van der Waals surface area contributed by atoms with Gasteiger partial charge in [0.1, 0.15) is 11.1 Å². The fourth-order valence-electron chi connectivity index (χ4n) is 1.69. The molecular formula is C9H9FN2O4S. The van der Waals surface area contributed by atoms with Crippen LogP contribution in [-0.4, -0.2) is 31.1 Å².